The molecular formula is C20H34N2O6. The molecule has 0 N–H and O–H groups in total. The molecule has 8 nitrogen and oxygen atoms in total. The molecule has 3 fully saturated rings. The first-order valence-corrected chi connectivity index (χ1v) is 10.2. The zero-order valence-electron chi connectivity index (χ0n) is 17.7. The van der Waals surface area contributed by atoms with E-state index in [0.29, 0.717) is 32.8 Å². The molecule has 2 heterocycles. The third-order valence-corrected chi connectivity index (χ3v) is 5.59. The van der Waals surface area contributed by atoms with E-state index >= 15 is 0 Å². The van der Waals surface area contributed by atoms with Crippen LogP contribution in [0.15, 0.2) is 0 Å². The smallest absolute Gasteiger partial charge is 0.410 e. The summed E-state index contributed by atoms with van der Waals surface area (Å²) < 4.78 is 22.5. The third-order valence-electron chi connectivity index (χ3n) is 5.59. The lowest BCUT2D eigenvalue weighted by atomic mass is 9.94. The fraction of sp³-hybridized carbons (Fsp3) is 0.900. The number of ether oxygens (including phenoxy) is 4. The second kappa shape index (κ2) is 8.06. The maximum Gasteiger partial charge on any atom is 0.410 e. The molecule has 3 aliphatic rings. The predicted molar refractivity (Wildman–Crippen MR) is 102 cm³/mol. The van der Waals surface area contributed by atoms with E-state index in [4.69, 9.17) is 18.9 Å². The predicted octanol–water partition coefficient (Wildman–Crippen LogP) is 2.65. The molecule has 1 aliphatic carbocycles. The molecule has 160 valence electrons. The van der Waals surface area contributed by atoms with Gasteiger partial charge in [-0.15, -0.1) is 0 Å². The largest absolute Gasteiger partial charge is 0.444 e. The van der Waals surface area contributed by atoms with Crippen molar-refractivity contribution in [3.05, 3.63) is 0 Å². The maximum absolute atomic E-state index is 12.3. The zero-order valence-corrected chi connectivity index (χ0v) is 17.7. The molecule has 2 amide bonds. The number of piperidine rings is 1. The van der Waals surface area contributed by atoms with Crippen LogP contribution >= 0.6 is 0 Å². The lowest BCUT2D eigenvalue weighted by Crippen LogP contribution is -2.57. The van der Waals surface area contributed by atoms with Crippen molar-refractivity contribution < 1.29 is 28.5 Å². The molecule has 2 aliphatic heterocycles. The quantitative estimate of drug-likeness (QED) is 0.709. The first-order valence-electron chi connectivity index (χ1n) is 10.2. The van der Waals surface area contributed by atoms with Crippen LogP contribution in [0.5, 0.6) is 0 Å². The van der Waals surface area contributed by atoms with Crippen LogP contribution < -0.4 is 0 Å². The molecule has 0 aromatic heterocycles. The van der Waals surface area contributed by atoms with E-state index in [2.05, 4.69) is 0 Å². The van der Waals surface area contributed by atoms with Gasteiger partial charge in [-0.2, -0.15) is 0 Å². The number of nitrogens with zero attached hydrogens (tertiary/aromatic N) is 2. The van der Waals surface area contributed by atoms with Gasteiger partial charge in [0.05, 0.1) is 38.4 Å². The number of hydrogen-bond acceptors (Lipinski definition) is 6. The number of likely N-dealkylation sites (tertiary alicyclic amines) is 2. The summed E-state index contributed by atoms with van der Waals surface area (Å²) in [6, 6.07) is 0. The Balaban J connectivity index is 1.37. The van der Waals surface area contributed by atoms with Crippen LogP contribution in [0.25, 0.3) is 0 Å². The molecule has 0 aromatic carbocycles. The number of carbonyl (C=O) groups excluding carboxylic acids is 2. The van der Waals surface area contributed by atoms with Crippen LogP contribution in [0.2, 0.25) is 0 Å². The van der Waals surface area contributed by atoms with Crippen LogP contribution in [-0.2, 0) is 18.9 Å². The number of hydrogen-bond donors (Lipinski definition) is 0. The lowest BCUT2D eigenvalue weighted by molar-refractivity contribution is -0.0979. The van der Waals surface area contributed by atoms with Gasteiger partial charge in [-0.3, -0.25) is 0 Å². The Morgan fingerprint density at radius 1 is 1.07 bits per heavy atom. The number of rotatable bonds is 5. The molecule has 1 saturated carbocycles. The van der Waals surface area contributed by atoms with Crippen molar-refractivity contribution in [2.45, 2.75) is 70.4 Å². The molecule has 8 heteroatoms. The maximum atomic E-state index is 12.3. The van der Waals surface area contributed by atoms with E-state index < -0.39 is 5.60 Å². The van der Waals surface area contributed by atoms with Gasteiger partial charge < -0.3 is 28.7 Å². The first-order chi connectivity index (χ1) is 13.1. The van der Waals surface area contributed by atoms with Crippen molar-refractivity contribution in [3.63, 3.8) is 0 Å². The van der Waals surface area contributed by atoms with Gasteiger partial charge in [0, 0.05) is 19.6 Å². The second-order valence-corrected chi connectivity index (χ2v) is 9.43. The second-order valence-electron chi connectivity index (χ2n) is 9.43. The highest BCUT2D eigenvalue weighted by molar-refractivity contribution is 5.69. The normalized spacial score (nSPS) is 27.2. The summed E-state index contributed by atoms with van der Waals surface area (Å²) in [5, 5.41) is 0. The topological polar surface area (TPSA) is 77.5 Å². The Morgan fingerprint density at radius 2 is 1.75 bits per heavy atom. The summed E-state index contributed by atoms with van der Waals surface area (Å²) in [6.45, 7) is 10.4. The lowest BCUT2D eigenvalue weighted by Gasteiger charge is -2.41. The third kappa shape index (κ3) is 5.50. The van der Waals surface area contributed by atoms with E-state index in [1.165, 1.54) is 0 Å². The summed E-state index contributed by atoms with van der Waals surface area (Å²) in [6.07, 6.45) is 2.12. The van der Waals surface area contributed by atoms with Crippen LogP contribution in [0, 0.1) is 5.92 Å². The first kappa shape index (κ1) is 21.2. The molecule has 2 saturated heterocycles. The summed E-state index contributed by atoms with van der Waals surface area (Å²) >= 11 is 0. The van der Waals surface area contributed by atoms with Gasteiger partial charge in [0.1, 0.15) is 11.2 Å². The SMILES string of the molecule is COC1CN(C(=O)OC2(C)CC2)CC[C@H]1COC1CN(C(=O)OC(C)(C)C)C1. The van der Waals surface area contributed by atoms with Crippen molar-refractivity contribution in [1.29, 1.82) is 0 Å². The van der Waals surface area contributed by atoms with Gasteiger partial charge >= 0.3 is 12.2 Å². The molecule has 0 radical (unpaired) electrons. The van der Waals surface area contributed by atoms with Gasteiger partial charge in [0.25, 0.3) is 0 Å². The van der Waals surface area contributed by atoms with Crippen molar-refractivity contribution in [2.24, 2.45) is 5.92 Å². The highest BCUT2D eigenvalue weighted by Crippen LogP contribution is 2.39. The molecule has 3 rings (SSSR count). The van der Waals surface area contributed by atoms with Gasteiger partial charge in [0.15, 0.2) is 0 Å². The fourth-order valence-corrected chi connectivity index (χ4v) is 3.42. The number of amides is 2. The van der Waals surface area contributed by atoms with Gasteiger partial charge in [-0.25, -0.2) is 9.59 Å². The minimum absolute atomic E-state index is 0.0304. The molecule has 2 atom stereocenters. The summed E-state index contributed by atoms with van der Waals surface area (Å²) in [5.41, 5.74) is -0.745. The minimum Gasteiger partial charge on any atom is -0.444 e. The van der Waals surface area contributed by atoms with E-state index in [-0.39, 0.29) is 35.9 Å². The molecule has 28 heavy (non-hydrogen) atoms. The Morgan fingerprint density at radius 3 is 2.32 bits per heavy atom. The highest BCUT2D eigenvalue weighted by atomic mass is 16.6. The Hall–Kier alpha value is -1.54. The summed E-state index contributed by atoms with van der Waals surface area (Å²) in [4.78, 5) is 27.7. The average molecular weight is 399 g/mol. The fourth-order valence-electron chi connectivity index (χ4n) is 3.42. The minimum atomic E-state index is -0.485. The highest BCUT2D eigenvalue weighted by Gasteiger charge is 2.44. The van der Waals surface area contributed by atoms with Crippen molar-refractivity contribution >= 4 is 12.2 Å². The van der Waals surface area contributed by atoms with Crippen molar-refractivity contribution in [2.75, 3.05) is 39.9 Å². The monoisotopic (exact) mass is 398 g/mol. The molecular weight excluding hydrogens is 364 g/mol. The van der Waals surface area contributed by atoms with Gasteiger partial charge in [-0.1, -0.05) is 0 Å². The van der Waals surface area contributed by atoms with Crippen LogP contribution in [-0.4, -0.2) is 85.3 Å². The van der Waals surface area contributed by atoms with Crippen LogP contribution in [0.1, 0.15) is 47.0 Å². The van der Waals surface area contributed by atoms with Crippen LogP contribution in [0.3, 0.4) is 0 Å². The zero-order chi connectivity index (χ0) is 20.5. The Kier molecular flexibility index (Phi) is 6.10. The molecule has 0 bridgehead atoms. The number of carbonyl (C=O) groups is 2. The number of methoxy groups -OCH3 is 1. The molecule has 0 aromatic rings. The summed E-state index contributed by atoms with van der Waals surface area (Å²) in [7, 11) is 1.67. The standard InChI is InChI=1S/C20H34N2O6/c1-19(2,3)27-18(24)22-10-15(11-22)26-13-14-6-9-21(12-16(14)25-5)17(23)28-20(4)7-8-20/h14-16H,6-13H2,1-5H3/t14-,16?/m0/s1. The average Bonchev–Trinajstić information content (AvgIpc) is 3.28. The molecule has 1 unspecified atom stereocenters. The van der Waals surface area contributed by atoms with E-state index in [9.17, 15) is 9.59 Å². The Labute approximate surface area is 167 Å². The van der Waals surface area contributed by atoms with Crippen LogP contribution in [0.4, 0.5) is 9.59 Å². The van der Waals surface area contributed by atoms with E-state index in [0.717, 1.165) is 19.3 Å². The Bertz CT molecular complexity index is 580. The van der Waals surface area contributed by atoms with Crippen molar-refractivity contribution in [1.82, 2.24) is 9.80 Å². The van der Waals surface area contributed by atoms with Gasteiger partial charge in [-0.05, 0) is 47.0 Å². The van der Waals surface area contributed by atoms with E-state index in [1.807, 2.05) is 27.7 Å². The molecule has 0 spiro atoms. The van der Waals surface area contributed by atoms with E-state index in [1.54, 1.807) is 16.9 Å². The summed E-state index contributed by atoms with van der Waals surface area (Å²) in [5.74, 6) is 0.223. The van der Waals surface area contributed by atoms with Gasteiger partial charge in [0.2, 0.25) is 0 Å². The van der Waals surface area contributed by atoms with Crippen molar-refractivity contribution in [3.8, 4) is 0 Å².